The van der Waals surface area contributed by atoms with Gasteiger partial charge in [0.15, 0.2) is 0 Å². The van der Waals surface area contributed by atoms with Crippen molar-refractivity contribution in [2.24, 2.45) is 0 Å². The van der Waals surface area contributed by atoms with Gasteiger partial charge in [-0.05, 0) is 144 Å². The summed E-state index contributed by atoms with van der Waals surface area (Å²) in [5, 5.41) is 2.91. The van der Waals surface area contributed by atoms with Crippen LogP contribution in [0, 0.1) is 23.2 Å². The largest absolute Gasteiger partial charge is 0.132 e. The van der Waals surface area contributed by atoms with Crippen LogP contribution in [0.4, 0.5) is 0 Å². The van der Waals surface area contributed by atoms with Gasteiger partial charge in [0, 0.05) is 9.75 Å². The fraction of sp³-hybridized carbons (Fsp3) is 0.571. The van der Waals surface area contributed by atoms with Crippen molar-refractivity contribution in [3.05, 3.63) is 101 Å². The highest BCUT2D eigenvalue weighted by Gasteiger charge is 2.30. The normalized spacial score (nSPS) is 13.3. The van der Waals surface area contributed by atoms with E-state index in [0.717, 1.165) is 0 Å². The molecule has 0 saturated heterocycles. The van der Waals surface area contributed by atoms with Gasteiger partial charge in [0.25, 0.3) is 0 Å². The molecule has 0 nitrogen and oxygen atoms in total. The van der Waals surface area contributed by atoms with Gasteiger partial charge < -0.3 is 0 Å². The molecule has 0 N–H and O–H groups in total. The minimum atomic E-state index is 0.0702. The van der Waals surface area contributed by atoms with Gasteiger partial charge in [-0.25, -0.2) is 0 Å². The van der Waals surface area contributed by atoms with E-state index in [2.05, 4.69) is 196 Å². The summed E-state index contributed by atoms with van der Waals surface area (Å²) in [4.78, 5) is 5.36. The maximum atomic E-state index is 3.64. The summed E-state index contributed by atoms with van der Waals surface area (Å²) in [5.74, 6) is 7.13. The first-order chi connectivity index (χ1) is 27.5. The molecule has 2 aromatic carbocycles. The lowest BCUT2D eigenvalue weighted by atomic mass is 9.75. The molecule has 0 fully saturated rings. The minimum absolute atomic E-state index is 0.0702. The zero-order valence-corrected chi connectivity index (χ0v) is 44.7. The van der Waals surface area contributed by atoms with Gasteiger partial charge in [-0.15, -0.1) is 22.7 Å². The lowest BCUT2D eigenvalue weighted by molar-refractivity contribution is 0.553. The van der Waals surface area contributed by atoms with E-state index in [0.29, 0.717) is 17.2 Å². The van der Waals surface area contributed by atoms with Crippen LogP contribution in [0.15, 0.2) is 48.5 Å². The fourth-order valence-electron chi connectivity index (χ4n) is 7.56. The molecule has 60 heavy (non-hydrogen) atoms. The third kappa shape index (κ3) is 14.7. The van der Waals surface area contributed by atoms with Crippen LogP contribution in [0.1, 0.15) is 216 Å². The van der Waals surface area contributed by atoms with Gasteiger partial charge in [-0.2, -0.15) is 0 Å². The number of unbranched alkanes of at least 4 members (excludes halogenated alkanes) is 5. The number of aryl methyl sites for hydroxylation is 2. The highest BCUT2D eigenvalue weighted by Crippen LogP contribution is 2.38. The highest BCUT2D eigenvalue weighted by molar-refractivity contribution is 7.53. The summed E-state index contributed by atoms with van der Waals surface area (Å²) >= 11 is 3.79. The summed E-state index contributed by atoms with van der Waals surface area (Å²) in [6.07, 6.45) is 10.1. The van der Waals surface area contributed by atoms with Gasteiger partial charge in [0.1, 0.15) is 0 Å². The Morgan fingerprint density at radius 2 is 0.667 bits per heavy atom. The summed E-state index contributed by atoms with van der Waals surface area (Å²) in [6, 6.07) is 19.0. The molecule has 0 saturated carbocycles. The first-order valence-corrected chi connectivity index (χ1v) is 26.3. The zero-order chi connectivity index (χ0) is 44.9. The summed E-state index contributed by atoms with van der Waals surface area (Å²) in [6.45, 7) is 42.2. The van der Waals surface area contributed by atoms with E-state index in [4.69, 9.17) is 0 Å². The fourth-order valence-corrected chi connectivity index (χ4v) is 12.5. The Balaban J connectivity index is 1.24. The number of rotatable bonds is 11. The van der Waals surface area contributed by atoms with E-state index >= 15 is 0 Å². The maximum absolute atomic E-state index is 3.64. The van der Waals surface area contributed by atoms with Crippen molar-refractivity contribution in [3.63, 3.8) is 0 Å². The predicted molar refractivity (Wildman–Crippen MR) is 278 cm³/mol. The summed E-state index contributed by atoms with van der Waals surface area (Å²) in [5.41, 5.74) is 16.5. The summed E-state index contributed by atoms with van der Waals surface area (Å²) < 4.78 is 0. The van der Waals surface area contributed by atoms with Gasteiger partial charge in [-0.1, -0.05) is 198 Å². The lowest BCUT2D eigenvalue weighted by Gasteiger charge is -2.33. The lowest BCUT2D eigenvalue weighted by Crippen LogP contribution is -2.30. The number of thiophene rings is 2. The van der Waals surface area contributed by atoms with Crippen molar-refractivity contribution in [3.8, 4) is 23.2 Å². The van der Waals surface area contributed by atoms with Crippen LogP contribution in [-0.4, -0.2) is 0 Å². The van der Waals surface area contributed by atoms with E-state index < -0.39 is 0 Å². The van der Waals surface area contributed by atoms with Crippen LogP contribution in [0.2, 0.25) is 0 Å². The molecular weight excluding hydrogens is 799 g/mol. The van der Waals surface area contributed by atoms with E-state index in [1.54, 1.807) is 0 Å². The molecule has 4 heteroatoms. The van der Waals surface area contributed by atoms with E-state index in [1.165, 1.54) is 115 Å². The Morgan fingerprint density at radius 3 is 0.933 bits per heavy atom. The van der Waals surface area contributed by atoms with Crippen molar-refractivity contribution in [1.82, 2.24) is 0 Å². The van der Waals surface area contributed by atoms with Crippen LogP contribution < -0.4 is 10.6 Å². The topological polar surface area (TPSA) is 0 Å². The van der Waals surface area contributed by atoms with Gasteiger partial charge in [0.2, 0.25) is 0 Å². The van der Waals surface area contributed by atoms with Crippen molar-refractivity contribution < 1.29 is 0 Å². The Morgan fingerprint density at radius 1 is 0.383 bits per heavy atom. The van der Waals surface area contributed by atoms with Crippen molar-refractivity contribution >= 4 is 50.4 Å². The first-order valence-electron chi connectivity index (χ1n) is 22.7. The molecule has 0 aliphatic heterocycles. The van der Waals surface area contributed by atoms with Gasteiger partial charge >= 0.3 is 0 Å². The summed E-state index contributed by atoms with van der Waals surface area (Å²) in [7, 11) is 0.969. The van der Waals surface area contributed by atoms with Gasteiger partial charge in [-0.3, -0.25) is 0 Å². The smallest absolute Gasteiger partial charge is 0.0774 e. The molecule has 0 spiro atoms. The predicted octanol–water partition coefficient (Wildman–Crippen LogP) is 16.3. The molecule has 0 radical (unpaired) electrons. The first kappa shape index (κ1) is 50.5. The maximum Gasteiger partial charge on any atom is 0.0774 e. The quantitative estimate of drug-likeness (QED) is 0.0800. The average Bonchev–Trinajstić information content (AvgIpc) is 3.75. The van der Waals surface area contributed by atoms with E-state index in [9.17, 15) is 0 Å². The second kappa shape index (κ2) is 20.1. The molecule has 4 rings (SSSR count). The average molecular weight is 879 g/mol. The molecule has 0 amide bonds. The molecule has 2 heterocycles. The highest BCUT2D eigenvalue weighted by atomic mass is 32.1. The molecule has 2 aromatic heterocycles. The van der Waals surface area contributed by atoms with Crippen LogP contribution in [-0.2, 0) is 45.3 Å². The molecule has 0 aliphatic rings. The van der Waals surface area contributed by atoms with E-state index in [1.807, 2.05) is 22.7 Å². The zero-order valence-electron chi connectivity index (χ0n) is 41.1. The Bertz CT molecular complexity index is 1950. The molecular formula is C56H80P2S2. The monoisotopic (exact) mass is 879 g/mol. The SMILES string of the molecule is CC(C)(C)c1cc(C(C)(C)C)c(PC#Cc2ccc(CCCCCCCCc3ccc(C#CPc4c(C(C)(C)C)cc(C(C)(C)C)cc4C(C)(C)C)s3)s2)c(C(C)(C)C)c1. The minimum Gasteiger partial charge on any atom is -0.132 e. The Labute approximate surface area is 381 Å². The Kier molecular flexibility index (Phi) is 16.9. The van der Waals surface area contributed by atoms with E-state index in [-0.39, 0.29) is 32.5 Å². The number of hydrogen-bond acceptors (Lipinski definition) is 2. The van der Waals surface area contributed by atoms with Crippen LogP contribution in [0.25, 0.3) is 0 Å². The third-order valence-corrected chi connectivity index (χ3v) is 15.6. The number of benzene rings is 2. The van der Waals surface area contributed by atoms with Crippen molar-refractivity contribution in [2.75, 3.05) is 0 Å². The second-order valence-electron chi connectivity index (χ2n) is 23.3. The van der Waals surface area contributed by atoms with Crippen molar-refractivity contribution in [2.45, 2.75) is 208 Å². The second-order valence-corrected chi connectivity index (χ2v) is 27.6. The van der Waals surface area contributed by atoms with Crippen molar-refractivity contribution in [1.29, 1.82) is 0 Å². The third-order valence-electron chi connectivity index (χ3n) is 11.4. The van der Waals surface area contributed by atoms with Crippen LogP contribution >= 0.6 is 39.8 Å². The molecule has 2 unspecified atom stereocenters. The molecule has 0 bridgehead atoms. The standard InChI is InChI=1S/C56H80P2S2/c1-51(2,3)39-35-45(53(7,8)9)49(46(36-39)54(10,11)12)57-33-31-43-29-27-41(59-43)25-23-21-19-20-22-24-26-42-28-30-44(60-42)32-34-58-50-47(55(13,14)15)37-40(52(4,5)6)38-48(50)56(16,17)18/h27-30,35-38,57-58H,19-26H2,1-18H3. The Hall–Kier alpha value is -2.18. The molecule has 4 aromatic rings. The number of hydrogen-bond donors (Lipinski definition) is 0. The molecule has 326 valence electrons. The molecule has 0 aliphatic carbocycles. The molecule has 2 atom stereocenters. The van der Waals surface area contributed by atoms with Crippen LogP contribution in [0.5, 0.6) is 0 Å². The van der Waals surface area contributed by atoms with Crippen LogP contribution in [0.3, 0.4) is 0 Å². The van der Waals surface area contributed by atoms with Gasteiger partial charge in [0.05, 0.1) is 9.75 Å².